The highest BCUT2D eigenvalue weighted by atomic mass is 79.9. The molecule has 0 bridgehead atoms. The van der Waals surface area contributed by atoms with Crippen molar-refractivity contribution in [2.45, 2.75) is 6.54 Å². The summed E-state index contributed by atoms with van der Waals surface area (Å²) in [6.45, 7) is 0.890. The molecule has 1 aromatic rings. The number of nitriles is 1. The lowest BCUT2D eigenvalue weighted by atomic mass is 10.2. The van der Waals surface area contributed by atoms with Crippen molar-refractivity contribution in [2.24, 2.45) is 0 Å². The number of nitrogens with one attached hydrogen (secondary N) is 1. The van der Waals surface area contributed by atoms with Crippen LogP contribution in [0.2, 0.25) is 0 Å². The van der Waals surface area contributed by atoms with Gasteiger partial charge >= 0.3 is 0 Å². The summed E-state index contributed by atoms with van der Waals surface area (Å²) in [4.78, 5) is 0. The summed E-state index contributed by atoms with van der Waals surface area (Å²) >= 11 is 3.39. The molecule has 1 N–H and O–H groups in total. The van der Waals surface area contributed by atoms with Crippen LogP contribution < -0.4 is 10.1 Å². The molecule has 0 aromatic heterocycles. The average molecular weight is 255 g/mol. The van der Waals surface area contributed by atoms with Crippen LogP contribution >= 0.6 is 15.9 Å². The van der Waals surface area contributed by atoms with Crippen LogP contribution in [0.5, 0.6) is 5.75 Å². The Hall–Kier alpha value is -1.05. The largest absolute Gasteiger partial charge is 0.478 e. The van der Waals surface area contributed by atoms with E-state index in [1.54, 1.807) is 0 Å². The number of benzene rings is 1. The zero-order chi connectivity index (χ0) is 10.4. The summed E-state index contributed by atoms with van der Waals surface area (Å²) < 4.78 is 6.07. The highest BCUT2D eigenvalue weighted by molar-refractivity contribution is 9.10. The molecule has 0 atom stereocenters. The predicted octanol–water partition coefficient (Wildman–Crippen LogP) is 2.07. The summed E-state index contributed by atoms with van der Waals surface area (Å²) in [6.07, 6.45) is 0. The zero-order valence-electron chi connectivity index (χ0n) is 7.88. The van der Waals surface area contributed by atoms with Crippen molar-refractivity contribution in [3.05, 3.63) is 28.2 Å². The van der Waals surface area contributed by atoms with E-state index in [2.05, 4.69) is 21.2 Å². The summed E-state index contributed by atoms with van der Waals surface area (Å²) in [5.74, 6) is 0.700. The van der Waals surface area contributed by atoms with Gasteiger partial charge in [-0.25, -0.2) is 0 Å². The number of hydrogen-bond acceptors (Lipinski definition) is 3. The molecule has 0 aliphatic heterocycles. The Balaban J connectivity index is 2.75. The van der Waals surface area contributed by atoms with Gasteiger partial charge in [-0.05, 0) is 40.7 Å². The van der Waals surface area contributed by atoms with Crippen LogP contribution in [0.25, 0.3) is 0 Å². The molecule has 1 rings (SSSR count). The van der Waals surface area contributed by atoms with E-state index in [1.807, 2.05) is 31.3 Å². The lowest BCUT2D eigenvalue weighted by molar-refractivity contribution is 0.365. The topological polar surface area (TPSA) is 45.0 Å². The van der Waals surface area contributed by atoms with Crippen LogP contribution in [0.15, 0.2) is 22.7 Å². The first-order valence-electron chi connectivity index (χ1n) is 4.20. The molecule has 0 spiro atoms. The van der Waals surface area contributed by atoms with Gasteiger partial charge in [0.1, 0.15) is 11.8 Å². The maximum absolute atomic E-state index is 8.36. The minimum Gasteiger partial charge on any atom is -0.478 e. The van der Waals surface area contributed by atoms with Gasteiger partial charge in [0.25, 0.3) is 0 Å². The van der Waals surface area contributed by atoms with E-state index in [-0.39, 0.29) is 6.61 Å². The van der Waals surface area contributed by atoms with Crippen LogP contribution in [0, 0.1) is 11.3 Å². The third-order valence-corrected chi connectivity index (χ3v) is 2.29. The molecule has 3 nitrogen and oxygen atoms in total. The molecule has 0 amide bonds. The second kappa shape index (κ2) is 5.63. The van der Waals surface area contributed by atoms with E-state index in [1.165, 1.54) is 5.56 Å². The average Bonchev–Trinajstić information content (AvgIpc) is 2.17. The molecule has 0 saturated heterocycles. The zero-order valence-corrected chi connectivity index (χ0v) is 9.47. The molecule has 14 heavy (non-hydrogen) atoms. The van der Waals surface area contributed by atoms with Gasteiger partial charge in [0.15, 0.2) is 6.61 Å². The lowest BCUT2D eigenvalue weighted by Crippen LogP contribution is -2.05. The maximum atomic E-state index is 8.36. The number of hydrogen-bond donors (Lipinski definition) is 1. The number of rotatable bonds is 4. The van der Waals surface area contributed by atoms with E-state index >= 15 is 0 Å². The third-order valence-electron chi connectivity index (χ3n) is 1.67. The van der Waals surface area contributed by atoms with Crippen molar-refractivity contribution in [3.8, 4) is 11.8 Å². The van der Waals surface area contributed by atoms with E-state index in [0.717, 1.165) is 11.0 Å². The van der Waals surface area contributed by atoms with Gasteiger partial charge in [-0.15, -0.1) is 0 Å². The van der Waals surface area contributed by atoms with Crippen LogP contribution in [-0.4, -0.2) is 13.7 Å². The molecule has 0 aliphatic carbocycles. The highest BCUT2D eigenvalue weighted by Crippen LogP contribution is 2.25. The van der Waals surface area contributed by atoms with Gasteiger partial charge in [0.2, 0.25) is 0 Å². The van der Waals surface area contributed by atoms with Crippen molar-refractivity contribution < 1.29 is 4.74 Å². The fourth-order valence-corrected chi connectivity index (χ4v) is 1.63. The van der Waals surface area contributed by atoms with Crippen LogP contribution in [-0.2, 0) is 6.54 Å². The Bertz CT molecular complexity index is 346. The van der Waals surface area contributed by atoms with Crippen molar-refractivity contribution in [1.82, 2.24) is 5.32 Å². The highest BCUT2D eigenvalue weighted by Gasteiger charge is 2.01. The normalized spacial score (nSPS) is 9.50. The summed E-state index contributed by atoms with van der Waals surface area (Å²) in [6, 6.07) is 7.72. The Labute approximate surface area is 91.8 Å². The van der Waals surface area contributed by atoms with Crippen LogP contribution in [0.1, 0.15) is 5.56 Å². The first-order valence-corrected chi connectivity index (χ1v) is 5.00. The standard InChI is InChI=1S/C10H11BrN2O/c1-13-7-8-2-3-10(9(11)6-8)14-5-4-12/h2-3,6,13H,5,7H2,1H3. The molecule has 74 valence electrons. The molecule has 0 aliphatic rings. The van der Waals surface area contributed by atoms with Gasteiger partial charge < -0.3 is 10.1 Å². The minimum absolute atomic E-state index is 0.0734. The van der Waals surface area contributed by atoms with Crippen molar-refractivity contribution >= 4 is 15.9 Å². The summed E-state index contributed by atoms with van der Waals surface area (Å²) in [7, 11) is 1.90. The van der Waals surface area contributed by atoms with E-state index in [9.17, 15) is 0 Å². The lowest BCUT2D eigenvalue weighted by Gasteiger charge is -2.06. The van der Waals surface area contributed by atoms with Crippen LogP contribution in [0.4, 0.5) is 0 Å². The van der Waals surface area contributed by atoms with Gasteiger partial charge in [-0.1, -0.05) is 6.07 Å². The van der Waals surface area contributed by atoms with Crippen molar-refractivity contribution in [3.63, 3.8) is 0 Å². The van der Waals surface area contributed by atoms with E-state index in [4.69, 9.17) is 10.00 Å². The second-order valence-electron chi connectivity index (χ2n) is 2.74. The van der Waals surface area contributed by atoms with Crippen molar-refractivity contribution in [2.75, 3.05) is 13.7 Å². The summed E-state index contributed by atoms with van der Waals surface area (Å²) in [5.41, 5.74) is 1.17. The van der Waals surface area contributed by atoms with Gasteiger partial charge in [-0.2, -0.15) is 5.26 Å². The van der Waals surface area contributed by atoms with Crippen molar-refractivity contribution in [1.29, 1.82) is 5.26 Å². The molecular formula is C10H11BrN2O. The number of nitrogens with zero attached hydrogens (tertiary/aromatic N) is 1. The minimum atomic E-state index is 0.0734. The van der Waals surface area contributed by atoms with Crippen LogP contribution in [0.3, 0.4) is 0 Å². The smallest absolute Gasteiger partial charge is 0.174 e. The van der Waals surface area contributed by atoms with Gasteiger partial charge in [-0.3, -0.25) is 0 Å². The third kappa shape index (κ3) is 3.02. The Morgan fingerprint density at radius 2 is 2.36 bits per heavy atom. The van der Waals surface area contributed by atoms with E-state index < -0.39 is 0 Å². The first kappa shape index (κ1) is 11.0. The number of halogens is 1. The van der Waals surface area contributed by atoms with E-state index in [0.29, 0.717) is 5.75 Å². The fraction of sp³-hybridized carbons (Fsp3) is 0.300. The molecule has 0 saturated carbocycles. The SMILES string of the molecule is CNCc1ccc(OCC#N)c(Br)c1. The van der Waals surface area contributed by atoms with Gasteiger partial charge in [0, 0.05) is 6.54 Å². The maximum Gasteiger partial charge on any atom is 0.174 e. The van der Waals surface area contributed by atoms with Gasteiger partial charge in [0.05, 0.1) is 4.47 Å². The first-order chi connectivity index (χ1) is 6.77. The Kier molecular flexibility index (Phi) is 4.44. The molecule has 0 heterocycles. The molecular weight excluding hydrogens is 244 g/mol. The number of ether oxygens (including phenoxy) is 1. The Morgan fingerprint density at radius 3 is 2.93 bits per heavy atom. The quantitative estimate of drug-likeness (QED) is 0.895. The molecule has 0 unspecified atom stereocenters. The fourth-order valence-electron chi connectivity index (χ4n) is 1.09. The summed E-state index contributed by atoms with van der Waals surface area (Å²) in [5, 5.41) is 11.4. The monoisotopic (exact) mass is 254 g/mol. The Morgan fingerprint density at radius 1 is 1.57 bits per heavy atom. The second-order valence-corrected chi connectivity index (χ2v) is 3.60. The molecule has 1 aromatic carbocycles. The molecule has 0 fully saturated rings. The molecule has 4 heteroatoms. The molecule has 0 radical (unpaired) electrons. The predicted molar refractivity (Wildman–Crippen MR) is 58.0 cm³/mol.